The molecule has 0 saturated heterocycles. The van der Waals surface area contributed by atoms with E-state index in [1.807, 2.05) is 55.5 Å². The van der Waals surface area contributed by atoms with Gasteiger partial charge in [-0.25, -0.2) is 0 Å². The van der Waals surface area contributed by atoms with E-state index in [9.17, 15) is 4.79 Å². The average Bonchev–Trinajstić information content (AvgIpc) is 2.54. The minimum Gasteiger partial charge on any atom is -0.326 e. The molecule has 0 aromatic heterocycles. The van der Waals surface area contributed by atoms with Crippen LogP contribution in [-0.4, -0.2) is 5.91 Å². The lowest BCUT2D eigenvalue weighted by Crippen LogP contribution is -2.18. The highest BCUT2D eigenvalue weighted by Gasteiger charge is 2.15. The molecule has 0 aliphatic carbocycles. The quantitative estimate of drug-likeness (QED) is 0.744. The summed E-state index contributed by atoms with van der Waals surface area (Å²) in [5.41, 5.74) is 1.86. The van der Waals surface area contributed by atoms with Crippen molar-refractivity contribution >= 4 is 22.4 Å². The fourth-order valence-electron chi connectivity index (χ4n) is 2.40. The van der Waals surface area contributed by atoms with Crippen LogP contribution in [0.25, 0.3) is 10.8 Å². The maximum absolute atomic E-state index is 12.3. The monoisotopic (exact) mass is 275 g/mol. The number of carbonyl (C=O) groups excluding carboxylic acids is 1. The van der Waals surface area contributed by atoms with E-state index in [2.05, 4.69) is 29.6 Å². The zero-order valence-corrected chi connectivity index (χ0v) is 11.9. The smallest absolute Gasteiger partial charge is 0.231 e. The van der Waals surface area contributed by atoms with Crippen LogP contribution in [0, 0.1) is 0 Å². The molecular weight excluding hydrogens is 258 g/mol. The lowest BCUT2D eigenvalue weighted by molar-refractivity contribution is -0.117. The van der Waals surface area contributed by atoms with Gasteiger partial charge < -0.3 is 5.32 Å². The number of para-hydroxylation sites is 1. The Morgan fingerprint density at radius 1 is 0.857 bits per heavy atom. The molecule has 3 aromatic carbocycles. The first-order chi connectivity index (χ1) is 10.2. The summed E-state index contributed by atoms with van der Waals surface area (Å²) in [5, 5.41) is 5.30. The Balaban J connectivity index is 1.82. The number of benzene rings is 3. The molecule has 1 atom stereocenters. The zero-order valence-electron chi connectivity index (χ0n) is 11.9. The van der Waals surface area contributed by atoms with Gasteiger partial charge in [-0.15, -0.1) is 0 Å². The van der Waals surface area contributed by atoms with E-state index < -0.39 is 0 Å². The third-order valence-electron chi connectivity index (χ3n) is 3.71. The van der Waals surface area contributed by atoms with Gasteiger partial charge in [-0.3, -0.25) is 4.79 Å². The molecule has 3 rings (SSSR count). The van der Waals surface area contributed by atoms with Crippen molar-refractivity contribution in [2.24, 2.45) is 0 Å². The largest absolute Gasteiger partial charge is 0.326 e. The Bertz CT molecular complexity index is 765. The molecule has 0 saturated carbocycles. The molecule has 0 bridgehead atoms. The lowest BCUT2D eigenvalue weighted by atomic mass is 9.97. The molecule has 0 aliphatic heterocycles. The predicted molar refractivity (Wildman–Crippen MR) is 87.4 cm³/mol. The first-order valence-electron chi connectivity index (χ1n) is 7.08. The van der Waals surface area contributed by atoms with E-state index in [0.29, 0.717) is 0 Å². The third kappa shape index (κ3) is 2.95. The van der Waals surface area contributed by atoms with Gasteiger partial charge in [0.1, 0.15) is 0 Å². The van der Waals surface area contributed by atoms with E-state index in [4.69, 9.17) is 0 Å². The topological polar surface area (TPSA) is 29.1 Å². The van der Waals surface area contributed by atoms with Gasteiger partial charge in [0.15, 0.2) is 0 Å². The maximum Gasteiger partial charge on any atom is 0.231 e. The summed E-state index contributed by atoms with van der Waals surface area (Å²) in [7, 11) is 0. The van der Waals surface area contributed by atoms with Crippen molar-refractivity contribution in [1.29, 1.82) is 0 Å². The van der Waals surface area contributed by atoms with Crippen molar-refractivity contribution in [3.63, 3.8) is 0 Å². The van der Waals surface area contributed by atoms with Crippen LogP contribution in [0.4, 0.5) is 5.69 Å². The Morgan fingerprint density at radius 3 is 2.29 bits per heavy atom. The minimum absolute atomic E-state index is 0.0106. The molecule has 1 amide bonds. The molecule has 2 nitrogen and oxygen atoms in total. The highest BCUT2D eigenvalue weighted by molar-refractivity contribution is 5.96. The number of amides is 1. The summed E-state index contributed by atoms with van der Waals surface area (Å²) in [6.45, 7) is 1.93. The summed E-state index contributed by atoms with van der Waals surface area (Å²) in [6.07, 6.45) is 0. The van der Waals surface area contributed by atoms with E-state index in [-0.39, 0.29) is 11.8 Å². The van der Waals surface area contributed by atoms with Crippen molar-refractivity contribution in [2.75, 3.05) is 5.32 Å². The Kier molecular flexibility index (Phi) is 3.69. The lowest BCUT2D eigenvalue weighted by Gasteiger charge is -2.13. The van der Waals surface area contributed by atoms with E-state index in [1.165, 1.54) is 5.39 Å². The molecule has 3 aromatic rings. The SMILES string of the molecule is C[C@H](C(=O)Nc1ccccc1)c1ccc2ccccc2c1. The van der Waals surface area contributed by atoms with Crippen molar-refractivity contribution in [3.8, 4) is 0 Å². The molecule has 0 spiro atoms. The van der Waals surface area contributed by atoms with Gasteiger partial charge in [0.05, 0.1) is 5.92 Å². The third-order valence-corrected chi connectivity index (χ3v) is 3.71. The molecule has 0 aliphatic rings. The normalized spacial score (nSPS) is 12.0. The summed E-state index contributed by atoms with van der Waals surface area (Å²) in [4.78, 5) is 12.3. The molecule has 0 radical (unpaired) electrons. The molecule has 2 heteroatoms. The second-order valence-electron chi connectivity index (χ2n) is 5.18. The Morgan fingerprint density at radius 2 is 1.52 bits per heavy atom. The van der Waals surface area contributed by atoms with Crippen LogP contribution in [0.1, 0.15) is 18.4 Å². The summed E-state index contributed by atoms with van der Waals surface area (Å²) in [6, 6.07) is 23.9. The van der Waals surface area contributed by atoms with Gasteiger partial charge in [-0.1, -0.05) is 60.7 Å². The van der Waals surface area contributed by atoms with Crippen LogP contribution in [0.5, 0.6) is 0 Å². The number of anilines is 1. The van der Waals surface area contributed by atoms with E-state index in [0.717, 1.165) is 16.6 Å². The summed E-state index contributed by atoms with van der Waals surface area (Å²) in [5.74, 6) is -0.175. The summed E-state index contributed by atoms with van der Waals surface area (Å²) < 4.78 is 0. The minimum atomic E-state index is -0.185. The number of carbonyl (C=O) groups is 1. The molecular formula is C19H17NO. The fourth-order valence-corrected chi connectivity index (χ4v) is 2.40. The molecule has 21 heavy (non-hydrogen) atoms. The van der Waals surface area contributed by atoms with Crippen LogP contribution < -0.4 is 5.32 Å². The van der Waals surface area contributed by atoms with Crippen molar-refractivity contribution < 1.29 is 4.79 Å². The number of hydrogen-bond donors (Lipinski definition) is 1. The molecule has 1 N–H and O–H groups in total. The second kappa shape index (κ2) is 5.80. The van der Waals surface area contributed by atoms with Gasteiger partial charge >= 0.3 is 0 Å². The van der Waals surface area contributed by atoms with Crippen molar-refractivity contribution in [3.05, 3.63) is 78.4 Å². The average molecular weight is 275 g/mol. The first-order valence-corrected chi connectivity index (χ1v) is 7.08. The molecule has 0 fully saturated rings. The van der Waals surface area contributed by atoms with E-state index in [1.54, 1.807) is 0 Å². The number of fused-ring (bicyclic) bond motifs is 1. The predicted octanol–water partition coefficient (Wildman–Crippen LogP) is 4.58. The molecule has 0 heterocycles. The number of hydrogen-bond acceptors (Lipinski definition) is 1. The fraction of sp³-hybridized carbons (Fsp3) is 0.105. The second-order valence-corrected chi connectivity index (χ2v) is 5.18. The van der Waals surface area contributed by atoms with Crippen LogP contribution in [-0.2, 0) is 4.79 Å². The van der Waals surface area contributed by atoms with Crippen molar-refractivity contribution in [2.45, 2.75) is 12.8 Å². The Labute approximate surface area is 124 Å². The van der Waals surface area contributed by atoms with Gasteiger partial charge in [-0.2, -0.15) is 0 Å². The molecule has 0 unspecified atom stereocenters. The van der Waals surface area contributed by atoms with Crippen LogP contribution in [0.3, 0.4) is 0 Å². The molecule has 104 valence electrons. The first kappa shape index (κ1) is 13.4. The van der Waals surface area contributed by atoms with Gasteiger partial charge in [0.25, 0.3) is 0 Å². The summed E-state index contributed by atoms with van der Waals surface area (Å²) >= 11 is 0. The number of rotatable bonds is 3. The highest BCUT2D eigenvalue weighted by atomic mass is 16.1. The standard InChI is InChI=1S/C19H17NO/c1-14(19(21)20-18-9-3-2-4-10-18)16-12-11-15-7-5-6-8-17(15)13-16/h2-14H,1H3,(H,20,21)/t14-/m0/s1. The van der Waals surface area contributed by atoms with Crippen molar-refractivity contribution in [1.82, 2.24) is 0 Å². The van der Waals surface area contributed by atoms with Gasteiger partial charge in [0.2, 0.25) is 5.91 Å². The highest BCUT2D eigenvalue weighted by Crippen LogP contribution is 2.23. The van der Waals surface area contributed by atoms with Gasteiger partial charge in [-0.05, 0) is 35.4 Å². The van der Waals surface area contributed by atoms with Gasteiger partial charge in [0, 0.05) is 5.69 Å². The Hall–Kier alpha value is -2.61. The van der Waals surface area contributed by atoms with E-state index >= 15 is 0 Å². The van der Waals surface area contributed by atoms with Crippen LogP contribution in [0.15, 0.2) is 72.8 Å². The zero-order chi connectivity index (χ0) is 14.7. The van der Waals surface area contributed by atoms with Crippen LogP contribution >= 0.6 is 0 Å². The maximum atomic E-state index is 12.3. The number of nitrogens with one attached hydrogen (secondary N) is 1. The van der Waals surface area contributed by atoms with Crippen LogP contribution in [0.2, 0.25) is 0 Å².